The molecule has 2 aliphatic carbocycles. The van der Waals surface area contributed by atoms with Crippen molar-refractivity contribution in [2.24, 2.45) is 17.6 Å². The molecule has 2 aromatic rings. The van der Waals surface area contributed by atoms with E-state index in [4.69, 9.17) is 5.73 Å². The van der Waals surface area contributed by atoms with Gasteiger partial charge in [0.15, 0.2) is 0 Å². The van der Waals surface area contributed by atoms with Gasteiger partial charge in [0.1, 0.15) is 0 Å². The number of nitrogens with two attached hydrogens (primary N) is 1. The largest absolute Gasteiger partial charge is 0.369 e. The Morgan fingerprint density at radius 1 is 0.857 bits per heavy atom. The molecule has 2 heteroatoms. The topological polar surface area (TPSA) is 43.1 Å². The second-order valence-corrected chi connectivity index (χ2v) is 6.38. The standard InChI is InChI=1S/C19H19NO/c20-19(21)18-16-8-4-3-7-14(16)11-17(18)15-9-12-5-1-2-6-13(12)10-15/h1-8,15,17-18H,9-11H2,(H2,20,21). The Labute approximate surface area is 125 Å². The molecule has 0 spiro atoms. The van der Waals surface area contributed by atoms with Crippen LogP contribution in [-0.4, -0.2) is 5.91 Å². The lowest BCUT2D eigenvalue weighted by Gasteiger charge is -2.23. The molecule has 2 aliphatic rings. The van der Waals surface area contributed by atoms with Crippen molar-refractivity contribution in [3.63, 3.8) is 0 Å². The molecular formula is C19H19NO. The summed E-state index contributed by atoms with van der Waals surface area (Å²) in [6.07, 6.45) is 3.15. The van der Waals surface area contributed by atoms with Gasteiger partial charge in [0.2, 0.25) is 5.91 Å². The summed E-state index contributed by atoms with van der Waals surface area (Å²) in [5.41, 5.74) is 11.1. The lowest BCUT2D eigenvalue weighted by molar-refractivity contribution is -0.120. The third-order valence-corrected chi connectivity index (χ3v) is 5.27. The zero-order chi connectivity index (χ0) is 14.4. The molecule has 106 valence electrons. The fourth-order valence-electron chi connectivity index (χ4n) is 4.32. The van der Waals surface area contributed by atoms with Gasteiger partial charge in [-0.05, 0) is 53.4 Å². The van der Waals surface area contributed by atoms with Gasteiger partial charge in [0.05, 0.1) is 5.92 Å². The van der Waals surface area contributed by atoms with Gasteiger partial charge >= 0.3 is 0 Å². The molecule has 0 aliphatic heterocycles. The summed E-state index contributed by atoms with van der Waals surface area (Å²) in [5, 5.41) is 0. The number of hydrogen-bond acceptors (Lipinski definition) is 1. The number of primary amides is 1. The molecule has 4 rings (SSSR count). The van der Waals surface area contributed by atoms with Crippen molar-refractivity contribution in [2.45, 2.75) is 25.2 Å². The van der Waals surface area contributed by atoms with Crippen molar-refractivity contribution in [3.05, 3.63) is 70.8 Å². The van der Waals surface area contributed by atoms with Gasteiger partial charge in [-0.2, -0.15) is 0 Å². The zero-order valence-electron chi connectivity index (χ0n) is 12.0. The van der Waals surface area contributed by atoms with Crippen LogP contribution in [0.15, 0.2) is 48.5 Å². The summed E-state index contributed by atoms with van der Waals surface area (Å²) < 4.78 is 0. The van der Waals surface area contributed by atoms with Crippen LogP contribution in [0.4, 0.5) is 0 Å². The Balaban J connectivity index is 1.67. The maximum Gasteiger partial charge on any atom is 0.225 e. The van der Waals surface area contributed by atoms with E-state index in [1.54, 1.807) is 0 Å². The van der Waals surface area contributed by atoms with Gasteiger partial charge in [-0.3, -0.25) is 4.79 Å². The van der Waals surface area contributed by atoms with E-state index in [9.17, 15) is 4.79 Å². The lowest BCUT2D eigenvalue weighted by atomic mass is 9.80. The minimum atomic E-state index is -0.166. The molecule has 2 atom stereocenters. The maximum atomic E-state index is 12.0. The number of benzene rings is 2. The fourth-order valence-corrected chi connectivity index (χ4v) is 4.32. The van der Waals surface area contributed by atoms with Crippen LogP contribution >= 0.6 is 0 Å². The molecule has 0 bridgehead atoms. The highest BCUT2D eigenvalue weighted by atomic mass is 16.1. The molecule has 0 saturated heterocycles. The first-order valence-electron chi connectivity index (χ1n) is 7.68. The summed E-state index contributed by atoms with van der Waals surface area (Å²) >= 11 is 0. The highest BCUT2D eigenvalue weighted by Gasteiger charge is 2.42. The quantitative estimate of drug-likeness (QED) is 0.901. The van der Waals surface area contributed by atoms with Crippen LogP contribution in [0, 0.1) is 11.8 Å². The van der Waals surface area contributed by atoms with E-state index in [1.807, 2.05) is 6.07 Å². The van der Waals surface area contributed by atoms with Crippen molar-refractivity contribution in [1.82, 2.24) is 0 Å². The fraction of sp³-hybridized carbons (Fsp3) is 0.316. The average Bonchev–Trinajstić information content (AvgIpc) is 3.08. The Bertz CT molecular complexity index is 681. The van der Waals surface area contributed by atoms with E-state index in [1.165, 1.54) is 16.7 Å². The Hall–Kier alpha value is -2.09. The second-order valence-electron chi connectivity index (χ2n) is 6.38. The Kier molecular flexibility index (Phi) is 2.85. The molecule has 21 heavy (non-hydrogen) atoms. The van der Waals surface area contributed by atoms with E-state index >= 15 is 0 Å². The van der Waals surface area contributed by atoms with Gasteiger partial charge < -0.3 is 5.73 Å². The van der Waals surface area contributed by atoms with E-state index in [0.717, 1.165) is 24.8 Å². The number of hydrogen-bond donors (Lipinski definition) is 1. The first kappa shape index (κ1) is 12.6. The molecule has 0 fully saturated rings. The molecule has 2 unspecified atom stereocenters. The van der Waals surface area contributed by atoms with Crippen LogP contribution in [-0.2, 0) is 24.1 Å². The van der Waals surface area contributed by atoms with E-state index in [2.05, 4.69) is 42.5 Å². The minimum Gasteiger partial charge on any atom is -0.369 e. The first-order chi connectivity index (χ1) is 10.2. The van der Waals surface area contributed by atoms with Gasteiger partial charge in [0.25, 0.3) is 0 Å². The molecule has 2 N–H and O–H groups in total. The summed E-state index contributed by atoms with van der Waals surface area (Å²) in [6.45, 7) is 0. The number of carbonyl (C=O) groups excluding carboxylic acids is 1. The zero-order valence-corrected chi connectivity index (χ0v) is 12.0. The molecule has 2 aromatic carbocycles. The molecule has 0 radical (unpaired) electrons. The van der Waals surface area contributed by atoms with Crippen LogP contribution < -0.4 is 5.73 Å². The predicted molar refractivity (Wildman–Crippen MR) is 82.9 cm³/mol. The van der Waals surface area contributed by atoms with Crippen molar-refractivity contribution >= 4 is 5.91 Å². The molecule has 1 amide bonds. The Morgan fingerprint density at radius 3 is 2.05 bits per heavy atom. The predicted octanol–water partition coefficient (Wildman–Crippen LogP) is 2.84. The van der Waals surface area contributed by atoms with Gasteiger partial charge in [-0.1, -0.05) is 48.5 Å². The van der Waals surface area contributed by atoms with E-state index < -0.39 is 0 Å². The van der Waals surface area contributed by atoms with Crippen LogP contribution in [0.5, 0.6) is 0 Å². The number of amides is 1. The second kappa shape index (κ2) is 4.73. The van der Waals surface area contributed by atoms with Gasteiger partial charge in [-0.15, -0.1) is 0 Å². The molecule has 0 heterocycles. The van der Waals surface area contributed by atoms with E-state index in [-0.39, 0.29) is 11.8 Å². The third kappa shape index (κ3) is 1.98. The normalized spacial score (nSPS) is 23.8. The smallest absolute Gasteiger partial charge is 0.225 e. The average molecular weight is 277 g/mol. The lowest BCUT2D eigenvalue weighted by Crippen LogP contribution is -2.30. The summed E-state index contributed by atoms with van der Waals surface area (Å²) in [5.74, 6) is 0.612. The monoisotopic (exact) mass is 277 g/mol. The van der Waals surface area contributed by atoms with Crippen molar-refractivity contribution < 1.29 is 4.79 Å². The van der Waals surface area contributed by atoms with Crippen molar-refractivity contribution in [1.29, 1.82) is 0 Å². The van der Waals surface area contributed by atoms with Crippen LogP contribution in [0.2, 0.25) is 0 Å². The summed E-state index contributed by atoms with van der Waals surface area (Å²) in [7, 11) is 0. The maximum absolute atomic E-state index is 12.0. The highest BCUT2D eigenvalue weighted by Crippen LogP contribution is 2.45. The molecule has 2 nitrogen and oxygen atoms in total. The molecule has 0 saturated carbocycles. The first-order valence-corrected chi connectivity index (χ1v) is 7.68. The van der Waals surface area contributed by atoms with Crippen LogP contribution in [0.3, 0.4) is 0 Å². The third-order valence-electron chi connectivity index (χ3n) is 5.27. The summed E-state index contributed by atoms with van der Waals surface area (Å²) in [6, 6.07) is 16.9. The number of rotatable bonds is 2. The van der Waals surface area contributed by atoms with Gasteiger partial charge in [0, 0.05) is 0 Å². The van der Waals surface area contributed by atoms with Crippen molar-refractivity contribution in [2.75, 3.05) is 0 Å². The molecular weight excluding hydrogens is 258 g/mol. The SMILES string of the molecule is NC(=O)C1c2ccccc2CC1C1Cc2ccccc2C1. The Morgan fingerprint density at radius 2 is 1.43 bits per heavy atom. The molecule has 0 aromatic heterocycles. The number of fused-ring (bicyclic) bond motifs is 2. The van der Waals surface area contributed by atoms with Gasteiger partial charge in [-0.25, -0.2) is 0 Å². The minimum absolute atomic E-state index is 0.111. The van der Waals surface area contributed by atoms with Crippen LogP contribution in [0.1, 0.15) is 28.2 Å². The van der Waals surface area contributed by atoms with E-state index in [0.29, 0.717) is 11.8 Å². The van der Waals surface area contributed by atoms with Crippen molar-refractivity contribution in [3.8, 4) is 0 Å². The highest BCUT2D eigenvalue weighted by molar-refractivity contribution is 5.84. The summed E-state index contributed by atoms with van der Waals surface area (Å²) in [4.78, 5) is 12.0. The number of carbonyl (C=O) groups is 1. The van der Waals surface area contributed by atoms with Crippen LogP contribution in [0.25, 0.3) is 0 Å².